The maximum Gasteiger partial charge on any atom is 0.233 e. The predicted molar refractivity (Wildman–Crippen MR) is 83.0 cm³/mol. The van der Waals surface area contributed by atoms with Crippen molar-refractivity contribution in [3.05, 3.63) is 11.4 Å². The molecule has 112 valence electrons. The van der Waals surface area contributed by atoms with Crippen LogP contribution in [0.3, 0.4) is 0 Å². The molecule has 0 unspecified atom stereocenters. The Hall–Kier alpha value is -0.970. The first kappa shape index (κ1) is 15.4. The maximum absolute atomic E-state index is 12.1. The summed E-state index contributed by atoms with van der Waals surface area (Å²) in [6, 6.07) is 0. The Morgan fingerprint density at radius 2 is 2.15 bits per heavy atom. The minimum Gasteiger partial charge on any atom is -0.355 e. The smallest absolute Gasteiger partial charge is 0.233 e. The summed E-state index contributed by atoms with van der Waals surface area (Å²) in [5.41, 5.74) is 2.29. The van der Waals surface area contributed by atoms with E-state index in [9.17, 15) is 4.79 Å². The van der Waals surface area contributed by atoms with Crippen molar-refractivity contribution in [2.75, 3.05) is 6.54 Å². The number of hydrogen-bond acceptors (Lipinski definition) is 3. The quantitative estimate of drug-likeness (QED) is 0.929. The number of imidazole rings is 1. The van der Waals surface area contributed by atoms with Crippen molar-refractivity contribution in [3.8, 4) is 0 Å². The van der Waals surface area contributed by atoms with Crippen LogP contribution in [0.5, 0.6) is 0 Å². The first-order valence-electron chi connectivity index (χ1n) is 7.47. The van der Waals surface area contributed by atoms with E-state index in [-0.39, 0.29) is 11.2 Å². The summed E-state index contributed by atoms with van der Waals surface area (Å²) in [6.45, 7) is 10.4. The van der Waals surface area contributed by atoms with Gasteiger partial charge in [0.1, 0.15) is 0 Å². The largest absolute Gasteiger partial charge is 0.355 e. The van der Waals surface area contributed by atoms with E-state index in [0.29, 0.717) is 5.92 Å². The van der Waals surface area contributed by atoms with Crippen molar-refractivity contribution in [1.29, 1.82) is 0 Å². The molecular formula is C15H25N3OS. The van der Waals surface area contributed by atoms with E-state index in [1.165, 1.54) is 5.69 Å². The van der Waals surface area contributed by atoms with Crippen LogP contribution in [0.15, 0.2) is 5.16 Å². The standard InChI is InChI=1S/C15H25N3OS/c1-10(2)9-18-12(4)11(3)17-15(18)20-13-7-5-6-8-16-14(13)19/h10,13H,5-9H2,1-4H3,(H,16,19)/t13-/m1/s1. The molecule has 1 aliphatic heterocycles. The highest BCUT2D eigenvalue weighted by Gasteiger charge is 2.25. The number of nitrogens with one attached hydrogen (secondary N) is 1. The van der Waals surface area contributed by atoms with Gasteiger partial charge in [0.25, 0.3) is 0 Å². The van der Waals surface area contributed by atoms with Gasteiger partial charge in [-0.2, -0.15) is 0 Å². The summed E-state index contributed by atoms with van der Waals surface area (Å²) in [5.74, 6) is 0.742. The highest BCUT2D eigenvalue weighted by molar-refractivity contribution is 8.00. The van der Waals surface area contributed by atoms with E-state index >= 15 is 0 Å². The first-order chi connectivity index (χ1) is 9.49. The second-order valence-corrected chi connectivity index (χ2v) is 7.13. The van der Waals surface area contributed by atoms with Gasteiger partial charge in [-0.15, -0.1) is 0 Å². The molecule has 1 aliphatic rings. The summed E-state index contributed by atoms with van der Waals surface area (Å²) in [7, 11) is 0. The lowest BCUT2D eigenvalue weighted by molar-refractivity contribution is -0.120. The lowest BCUT2D eigenvalue weighted by Gasteiger charge is -2.16. The zero-order valence-corrected chi connectivity index (χ0v) is 13.7. The van der Waals surface area contributed by atoms with Gasteiger partial charge >= 0.3 is 0 Å². The van der Waals surface area contributed by atoms with E-state index in [1.807, 2.05) is 6.92 Å². The van der Waals surface area contributed by atoms with Crippen LogP contribution in [-0.2, 0) is 11.3 Å². The minimum absolute atomic E-state index is 0.00427. The SMILES string of the molecule is Cc1nc(S[C@@H]2CCCCNC2=O)n(CC(C)C)c1C. The third kappa shape index (κ3) is 3.57. The molecule has 1 amide bonds. The molecule has 4 nitrogen and oxygen atoms in total. The third-order valence-electron chi connectivity index (χ3n) is 3.70. The number of carbonyl (C=O) groups is 1. The Kier molecular flexibility index (Phi) is 5.13. The summed E-state index contributed by atoms with van der Waals surface area (Å²) in [4.78, 5) is 16.7. The fourth-order valence-electron chi connectivity index (χ4n) is 2.44. The summed E-state index contributed by atoms with van der Waals surface area (Å²) in [6.07, 6.45) is 3.14. The summed E-state index contributed by atoms with van der Waals surface area (Å²) in [5, 5.41) is 4.00. The average molecular weight is 295 g/mol. The van der Waals surface area contributed by atoms with Crippen molar-refractivity contribution in [3.63, 3.8) is 0 Å². The van der Waals surface area contributed by atoms with Gasteiger partial charge in [-0.1, -0.05) is 32.0 Å². The number of nitrogens with zero attached hydrogens (tertiary/aromatic N) is 2. The van der Waals surface area contributed by atoms with Crippen molar-refractivity contribution in [2.24, 2.45) is 5.92 Å². The van der Waals surface area contributed by atoms with Crippen molar-refractivity contribution < 1.29 is 4.79 Å². The van der Waals surface area contributed by atoms with Crippen LogP contribution in [-0.4, -0.2) is 27.3 Å². The number of thioether (sulfide) groups is 1. The van der Waals surface area contributed by atoms with E-state index in [0.717, 1.165) is 43.2 Å². The number of rotatable bonds is 4. The van der Waals surface area contributed by atoms with Crippen LogP contribution in [0, 0.1) is 19.8 Å². The highest BCUT2D eigenvalue weighted by Crippen LogP contribution is 2.29. The lowest BCUT2D eigenvalue weighted by atomic mass is 10.2. The molecule has 0 spiro atoms. The van der Waals surface area contributed by atoms with Gasteiger partial charge < -0.3 is 9.88 Å². The molecule has 0 aromatic carbocycles. The molecule has 0 radical (unpaired) electrons. The third-order valence-corrected chi connectivity index (χ3v) is 4.96. The van der Waals surface area contributed by atoms with Gasteiger partial charge in [0.15, 0.2) is 5.16 Å². The number of aromatic nitrogens is 2. The Morgan fingerprint density at radius 1 is 1.40 bits per heavy atom. The Labute approximate surface area is 125 Å². The molecule has 5 heteroatoms. The molecule has 1 saturated heterocycles. The number of aryl methyl sites for hydroxylation is 1. The lowest BCUT2D eigenvalue weighted by Crippen LogP contribution is -2.30. The average Bonchev–Trinajstić information content (AvgIpc) is 2.55. The second kappa shape index (κ2) is 6.66. The normalized spacial score (nSPS) is 20.1. The van der Waals surface area contributed by atoms with Gasteiger partial charge in [-0.3, -0.25) is 4.79 Å². The fraction of sp³-hybridized carbons (Fsp3) is 0.733. The van der Waals surface area contributed by atoms with E-state index in [1.54, 1.807) is 11.8 Å². The van der Waals surface area contributed by atoms with Crippen molar-refractivity contribution in [1.82, 2.24) is 14.9 Å². The van der Waals surface area contributed by atoms with Crippen LogP contribution >= 0.6 is 11.8 Å². The maximum atomic E-state index is 12.1. The molecule has 1 atom stereocenters. The first-order valence-corrected chi connectivity index (χ1v) is 8.35. The molecule has 0 bridgehead atoms. The Morgan fingerprint density at radius 3 is 2.85 bits per heavy atom. The number of hydrogen-bond donors (Lipinski definition) is 1. The topological polar surface area (TPSA) is 46.9 Å². The molecule has 0 aliphatic carbocycles. The molecule has 2 rings (SSSR count). The van der Waals surface area contributed by atoms with Gasteiger partial charge in [-0.05, 0) is 32.6 Å². The summed E-state index contributed by atoms with van der Waals surface area (Å²) < 4.78 is 2.27. The van der Waals surface area contributed by atoms with Crippen LogP contribution < -0.4 is 5.32 Å². The van der Waals surface area contributed by atoms with Gasteiger partial charge in [-0.25, -0.2) is 4.98 Å². The molecule has 20 heavy (non-hydrogen) atoms. The Bertz CT molecular complexity index is 482. The van der Waals surface area contributed by atoms with Crippen LogP contribution in [0.1, 0.15) is 44.5 Å². The van der Waals surface area contributed by atoms with Crippen LogP contribution in [0.2, 0.25) is 0 Å². The van der Waals surface area contributed by atoms with Gasteiger partial charge in [0.2, 0.25) is 5.91 Å². The predicted octanol–water partition coefficient (Wildman–Crippen LogP) is 2.92. The zero-order chi connectivity index (χ0) is 14.7. The minimum atomic E-state index is 0.00427. The number of carbonyl (C=O) groups excluding carboxylic acids is 1. The molecule has 0 saturated carbocycles. The summed E-state index contributed by atoms with van der Waals surface area (Å²) >= 11 is 1.63. The van der Waals surface area contributed by atoms with E-state index in [2.05, 4.69) is 35.6 Å². The number of amides is 1. The van der Waals surface area contributed by atoms with Gasteiger partial charge in [0.05, 0.1) is 10.9 Å². The molecule has 2 heterocycles. The van der Waals surface area contributed by atoms with Crippen LogP contribution in [0.25, 0.3) is 0 Å². The monoisotopic (exact) mass is 295 g/mol. The molecular weight excluding hydrogens is 270 g/mol. The molecule has 1 aromatic heterocycles. The van der Waals surface area contributed by atoms with E-state index in [4.69, 9.17) is 0 Å². The highest BCUT2D eigenvalue weighted by atomic mass is 32.2. The molecule has 1 N–H and O–H groups in total. The second-order valence-electron chi connectivity index (χ2n) is 5.96. The van der Waals surface area contributed by atoms with E-state index < -0.39 is 0 Å². The molecule has 1 aromatic rings. The zero-order valence-electron chi connectivity index (χ0n) is 12.9. The molecule has 1 fully saturated rings. The van der Waals surface area contributed by atoms with Gasteiger partial charge in [0, 0.05) is 18.8 Å². The van der Waals surface area contributed by atoms with Crippen LogP contribution in [0.4, 0.5) is 0 Å². The van der Waals surface area contributed by atoms with Crippen molar-refractivity contribution in [2.45, 2.75) is 63.9 Å². The van der Waals surface area contributed by atoms with Crippen molar-refractivity contribution >= 4 is 17.7 Å². The fourth-order valence-corrected chi connectivity index (χ4v) is 3.70. The Balaban J connectivity index is 2.19.